The zero-order valence-corrected chi connectivity index (χ0v) is 10.1. The highest BCUT2D eigenvalue weighted by atomic mass is 16.5. The highest BCUT2D eigenvalue weighted by molar-refractivity contribution is 5.91. The molecule has 0 spiro atoms. The zero-order chi connectivity index (χ0) is 12.7. The van der Waals surface area contributed by atoms with Crippen molar-refractivity contribution in [3.8, 4) is 0 Å². The van der Waals surface area contributed by atoms with Crippen LogP contribution in [0.1, 0.15) is 30.1 Å². The molecule has 17 heavy (non-hydrogen) atoms. The second-order valence-corrected chi connectivity index (χ2v) is 3.87. The Balaban J connectivity index is 2.42. The van der Waals surface area contributed by atoms with Crippen molar-refractivity contribution in [2.24, 2.45) is 0 Å². The quantitative estimate of drug-likeness (QED) is 0.769. The summed E-state index contributed by atoms with van der Waals surface area (Å²) < 4.78 is 5.06. The first kappa shape index (κ1) is 13.4. The molecule has 0 aliphatic carbocycles. The van der Waals surface area contributed by atoms with Gasteiger partial charge in [0.15, 0.2) is 0 Å². The zero-order valence-electron chi connectivity index (χ0n) is 10.1. The highest BCUT2D eigenvalue weighted by Gasteiger charge is 2.06. The first-order chi connectivity index (χ1) is 8.15. The Kier molecular flexibility index (Phi) is 5.36. The van der Waals surface area contributed by atoms with Gasteiger partial charge in [0.05, 0.1) is 6.10 Å². The van der Waals surface area contributed by atoms with Crippen LogP contribution in [-0.2, 0) is 9.53 Å². The maximum Gasteiger partial charge on any atom is 0.224 e. The van der Waals surface area contributed by atoms with Crippen LogP contribution in [0.5, 0.6) is 0 Å². The molecular formula is C13H17NO3. The van der Waals surface area contributed by atoms with Gasteiger partial charge in [-0.1, -0.05) is 0 Å². The highest BCUT2D eigenvalue weighted by Crippen LogP contribution is 2.09. The predicted octanol–water partition coefficient (Wildman–Crippen LogP) is 2.25. The minimum Gasteiger partial charge on any atom is -0.382 e. The van der Waals surface area contributed by atoms with Crippen LogP contribution in [0.3, 0.4) is 0 Å². The van der Waals surface area contributed by atoms with E-state index in [9.17, 15) is 9.59 Å². The van der Waals surface area contributed by atoms with Gasteiger partial charge in [0, 0.05) is 24.8 Å². The number of benzene rings is 1. The van der Waals surface area contributed by atoms with Gasteiger partial charge in [-0.15, -0.1) is 0 Å². The van der Waals surface area contributed by atoms with E-state index in [1.165, 1.54) is 0 Å². The number of amides is 1. The standard InChI is InChI=1S/C13H17NO3/c1-10(17-2)3-8-13(16)14-12-6-4-11(9-15)5-7-12/h4-7,9-10H,3,8H2,1-2H3,(H,14,16). The molecule has 1 amide bonds. The summed E-state index contributed by atoms with van der Waals surface area (Å²) in [7, 11) is 1.63. The summed E-state index contributed by atoms with van der Waals surface area (Å²) >= 11 is 0. The first-order valence-corrected chi connectivity index (χ1v) is 5.53. The molecule has 0 aliphatic rings. The van der Waals surface area contributed by atoms with Gasteiger partial charge in [0.25, 0.3) is 0 Å². The fourth-order valence-electron chi connectivity index (χ4n) is 1.32. The molecule has 1 rings (SSSR count). The summed E-state index contributed by atoms with van der Waals surface area (Å²) in [5, 5.41) is 2.76. The maximum atomic E-state index is 11.6. The van der Waals surface area contributed by atoms with E-state index in [1.807, 2.05) is 6.92 Å². The topological polar surface area (TPSA) is 55.4 Å². The van der Waals surface area contributed by atoms with Crippen molar-refractivity contribution in [1.82, 2.24) is 0 Å². The number of hydrogen-bond acceptors (Lipinski definition) is 3. The summed E-state index contributed by atoms with van der Waals surface area (Å²) in [6.07, 6.45) is 1.96. The number of methoxy groups -OCH3 is 1. The third-order valence-electron chi connectivity index (χ3n) is 2.51. The molecule has 0 fully saturated rings. The van der Waals surface area contributed by atoms with Crippen LogP contribution in [0.15, 0.2) is 24.3 Å². The molecule has 1 aromatic carbocycles. The van der Waals surface area contributed by atoms with Gasteiger partial charge in [0.1, 0.15) is 6.29 Å². The smallest absolute Gasteiger partial charge is 0.224 e. The lowest BCUT2D eigenvalue weighted by atomic mass is 10.2. The molecule has 0 bridgehead atoms. The van der Waals surface area contributed by atoms with Crippen LogP contribution >= 0.6 is 0 Å². The molecule has 1 N–H and O–H groups in total. The molecule has 92 valence electrons. The number of rotatable bonds is 6. The van der Waals surface area contributed by atoms with Crippen molar-refractivity contribution in [3.05, 3.63) is 29.8 Å². The number of aldehydes is 1. The number of nitrogens with one attached hydrogen (secondary N) is 1. The minimum absolute atomic E-state index is 0.0484. The Morgan fingerprint density at radius 3 is 2.59 bits per heavy atom. The van der Waals surface area contributed by atoms with Gasteiger partial charge in [-0.3, -0.25) is 9.59 Å². The Hall–Kier alpha value is -1.68. The van der Waals surface area contributed by atoms with E-state index in [1.54, 1.807) is 31.4 Å². The second-order valence-electron chi connectivity index (χ2n) is 3.87. The van der Waals surface area contributed by atoms with E-state index in [4.69, 9.17) is 4.74 Å². The third-order valence-corrected chi connectivity index (χ3v) is 2.51. The van der Waals surface area contributed by atoms with Crippen molar-refractivity contribution < 1.29 is 14.3 Å². The number of hydrogen-bond donors (Lipinski definition) is 1. The van der Waals surface area contributed by atoms with Crippen molar-refractivity contribution in [2.45, 2.75) is 25.9 Å². The predicted molar refractivity (Wildman–Crippen MR) is 66.2 cm³/mol. The van der Waals surface area contributed by atoms with Gasteiger partial charge < -0.3 is 10.1 Å². The Bertz CT molecular complexity index is 373. The summed E-state index contributed by atoms with van der Waals surface area (Å²) in [5.74, 6) is -0.0484. The molecule has 1 unspecified atom stereocenters. The van der Waals surface area contributed by atoms with Gasteiger partial charge in [0.2, 0.25) is 5.91 Å². The Morgan fingerprint density at radius 1 is 1.41 bits per heavy atom. The summed E-state index contributed by atoms with van der Waals surface area (Å²) in [6.45, 7) is 1.92. The van der Waals surface area contributed by atoms with Gasteiger partial charge in [-0.25, -0.2) is 0 Å². The molecule has 0 radical (unpaired) electrons. The van der Waals surface area contributed by atoms with Gasteiger partial charge in [-0.2, -0.15) is 0 Å². The normalized spacial score (nSPS) is 11.9. The van der Waals surface area contributed by atoms with Crippen LogP contribution in [0.4, 0.5) is 5.69 Å². The average Bonchev–Trinajstić information content (AvgIpc) is 2.36. The lowest BCUT2D eigenvalue weighted by Crippen LogP contribution is -2.15. The van der Waals surface area contributed by atoms with Crippen molar-refractivity contribution in [1.29, 1.82) is 0 Å². The van der Waals surface area contributed by atoms with Crippen LogP contribution < -0.4 is 5.32 Å². The molecule has 1 atom stereocenters. The van der Waals surface area contributed by atoms with Crippen molar-refractivity contribution in [3.63, 3.8) is 0 Å². The molecule has 0 aromatic heterocycles. The fourth-order valence-corrected chi connectivity index (χ4v) is 1.32. The molecule has 4 heteroatoms. The average molecular weight is 235 g/mol. The molecule has 1 aromatic rings. The Labute approximate surface area is 101 Å². The molecule has 0 aliphatic heterocycles. The minimum atomic E-state index is -0.0484. The molecule has 0 saturated heterocycles. The Morgan fingerprint density at radius 2 is 2.06 bits per heavy atom. The largest absolute Gasteiger partial charge is 0.382 e. The number of carbonyl (C=O) groups excluding carboxylic acids is 2. The van der Waals surface area contributed by atoms with Crippen molar-refractivity contribution >= 4 is 17.9 Å². The maximum absolute atomic E-state index is 11.6. The monoisotopic (exact) mass is 235 g/mol. The van der Waals surface area contributed by atoms with Crippen LogP contribution in [0, 0.1) is 0 Å². The number of ether oxygens (including phenoxy) is 1. The van der Waals surface area contributed by atoms with E-state index in [2.05, 4.69) is 5.32 Å². The van der Waals surface area contributed by atoms with E-state index in [-0.39, 0.29) is 12.0 Å². The van der Waals surface area contributed by atoms with Crippen LogP contribution in [0.2, 0.25) is 0 Å². The molecule has 4 nitrogen and oxygen atoms in total. The second kappa shape index (κ2) is 6.81. The molecule has 0 heterocycles. The van der Waals surface area contributed by atoms with Crippen LogP contribution in [0.25, 0.3) is 0 Å². The summed E-state index contributed by atoms with van der Waals surface area (Å²) in [4.78, 5) is 22.0. The first-order valence-electron chi connectivity index (χ1n) is 5.53. The number of carbonyl (C=O) groups is 2. The van der Waals surface area contributed by atoms with E-state index in [0.717, 1.165) is 6.29 Å². The summed E-state index contributed by atoms with van der Waals surface area (Å²) in [6, 6.07) is 6.75. The van der Waals surface area contributed by atoms with E-state index in [0.29, 0.717) is 24.1 Å². The van der Waals surface area contributed by atoms with Crippen molar-refractivity contribution in [2.75, 3.05) is 12.4 Å². The van der Waals surface area contributed by atoms with Crippen LogP contribution in [-0.4, -0.2) is 25.4 Å². The van der Waals surface area contributed by atoms with E-state index >= 15 is 0 Å². The van der Waals surface area contributed by atoms with Gasteiger partial charge in [-0.05, 0) is 37.6 Å². The lowest BCUT2D eigenvalue weighted by Gasteiger charge is -2.09. The molecule has 0 saturated carbocycles. The lowest BCUT2D eigenvalue weighted by molar-refractivity contribution is -0.116. The third kappa shape index (κ3) is 4.78. The number of anilines is 1. The van der Waals surface area contributed by atoms with E-state index < -0.39 is 0 Å². The fraction of sp³-hybridized carbons (Fsp3) is 0.385. The SMILES string of the molecule is COC(C)CCC(=O)Nc1ccc(C=O)cc1. The van der Waals surface area contributed by atoms with Gasteiger partial charge >= 0.3 is 0 Å². The summed E-state index contributed by atoms with van der Waals surface area (Å²) in [5.41, 5.74) is 1.29. The molecular weight excluding hydrogens is 218 g/mol.